The number of rotatable bonds is 5. The first kappa shape index (κ1) is 13.4. The minimum absolute atomic E-state index is 0.613. The Kier molecular flexibility index (Phi) is 6.64. The molecule has 0 aliphatic heterocycles. The van der Waals surface area contributed by atoms with Crippen molar-refractivity contribution in [2.24, 2.45) is 0 Å². The van der Waals surface area contributed by atoms with Crippen LogP contribution in [-0.2, 0) is 11.3 Å². The summed E-state index contributed by atoms with van der Waals surface area (Å²) in [6.45, 7) is 0.613. The van der Waals surface area contributed by atoms with Crippen LogP contribution in [0.3, 0.4) is 0 Å². The third-order valence-electron chi connectivity index (χ3n) is 2.41. The fourth-order valence-electron chi connectivity index (χ4n) is 1.52. The van der Waals surface area contributed by atoms with Gasteiger partial charge in [-0.1, -0.05) is 30.0 Å². The highest BCUT2D eigenvalue weighted by atomic mass is 16.5. The number of methoxy groups -OCH3 is 1. The largest absolute Gasteiger partial charge is 0.380 e. The van der Waals surface area contributed by atoms with Gasteiger partial charge in [-0.15, -0.1) is 12.3 Å². The Morgan fingerprint density at radius 3 is 2.71 bits per heavy atom. The van der Waals surface area contributed by atoms with Crippen molar-refractivity contribution in [1.82, 2.24) is 0 Å². The molecule has 0 aliphatic carbocycles. The first-order valence-corrected chi connectivity index (χ1v) is 5.87. The molecular weight excluding hydrogens is 208 g/mol. The predicted octanol–water partition coefficient (Wildman–Crippen LogP) is 3.38. The molecule has 0 bridgehead atoms. The lowest BCUT2D eigenvalue weighted by Gasteiger charge is -2.01. The van der Waals surface area contributed by atoms with E-state index >= 15 is 0 Å². The van der Waals surface area contributed by atoms with Gasteiger partial charge >= 0.3 is 0 Å². The van der Waals surface area contributed by atoms with Crippen LogP contribution in [0.2, 0.25) is 0 Å². The lowest BCUT2D eigenvalue weighted by Crippen LogP contribution is -1.91. The molecule has 0 unspecified atom stereocenters. The van der Waals surface area contributed by atoms with Crippen LogP contribution in [0.4, 0.5) is 0 Å². The van der Waals surface area contributed by atoms with Crippen molar-refractivity contribution in [3.8, 4) is 24.2 Å². The summed E-state index contributed by atoms with van der Waals surface area (Å²) >= 11 is 0. The van der Waals surface area contributed by atoms with Gasteiger partial charge in [-0.3, -0.25) is 0 Å². The monoisotopic (exact) mass is 226 g/mol. The van der Waals surface area contributed by atoms with Gasteiger partial charge in [0.1, 0.15) is 0 Å². The van der Waals surface area contributed by atoms with Crippen molar-refractivity contribution < 1.29 is 4.74 Å². The van der Waals surface area contributed by atoms with Crippen molar-refractivity contribution >= 4 is 0 Å². The van der Waals surface area contributed by atoms with Crippen molar-refractivity contribution in [3.05, 3.63) is 35.4 Å². The standard InChI is InChI=1S/C16H18O/c1-3-4-5-6-7-8-11-15-12-9-10-13-16(15)14-17-2/h1,9-10,12-13H,4-7,14H2,2H3. The smallest absolute Gasteiger partial charge is 0.0725 e. The van der Waals surface area contributed by atoms with Gasteiger partial charge in [0.15, 0.2) is 0 Å². The Balaban J connectivity index is 2.50. The second-order valence-electron chi connectivity index (χ2n) is 3.80. The summed E-state index contributed by atoms with van der Waals surface area (Å²) in [7, 11) is 1.70. The maximum absolute atomic E-state index is 5.19. The average Bonchev–Trinajstić information content (AvgIpc) is 2.36. The highest BCUT2D eigenvalue weighted by molar-refractivity contribution is 5.40. The number of benzene rings is 1. The molecule has 0 atom stereocenters. The predicted molar refractivity (Wildman–Crippen MR) is 71.3 cm³/mol. The van der Waals surface area contributed by atoms with Gasteiger partial charge < -0.3 is 4.74 Å². The van der Waals surface area contributed by atoms with Crippen LogP contribution in [0.5, 0.6) is 0 Å². The maximum Gasteiger partial charge on any atom is 0.0725 e. The Labute approximate surface area is 104 Å². The number of ether oxygens (including phenoxy) is 1. The summed E-state index contributed by atoms with van der Waals surface area (Å²) in [6, 6.07) is 8.09. The lowest BCUT2D eigenvalue weighted by molar-refractivity contribution is 0.184. The quantitative estimate of drug-likeness (QED) is 0.552. The second-order valence-corrected chi connectivity index (χ2v) is 3.80. The van der Waals surface area contributed by atoms with Crippen LogP contribution in [-0.4, -0.2) is 7.11 Å². The van der Waals surface area contributed by atoms with Gasteiger partial charge in [-0.2, -0.15) is 0 Å². The Morgan fingerprint density at radius 1 is 1.18 bits per heavy atom. The minimum atomic E-state index is 0.613. The van der Waals surface area contributed by atoms with Crippen LogP contribution in [0.15, 0.2) is 24.3 Å². The zero-order valence-electron chi connectivity index (χ0n) is 10.3. The summed E-state index contributed by atoms with van der Waals surface area (Å²) in [5, 5.41) is 0. The number of terminal acetylenes is 1. The molecule has 0 radical (unpaired) electrons. The Bertz CT molecular complexity index is 429. The van der Waals surface area contributed by atoms with Crippen molar-refractivity contribution in [2.45, 2.75) is 32.3 Å². The minimum Gasteiger partial charge on any atom is -0.380 e. The van der Waals surface area contributed by atoms with Crippen LogP contribution < -0.4 is 0 Å². The first-order valence-electron chi connectivity index (χ1n) is 5.87. The third-order valence-corrected chi connectivity index (χ3v) is 2.41. The van der Waals surface area contributed by atoms with Gasteiger partial charge in [0.25, 0.3) is 0 Å². The van der Waals surface area contributed by atoms with E-state index < -0.39 is 0 Å². The average molecular weight is 226 g/mol. The Hall–Kier alpha value is -1.70. The van der Waals surface area contributed by atoms with Crippen LogP contribution in [0.25, 0.3) is 0 Å². The number of hydrogen-bond donors (Lipinski definition) is 0. The molecule has 0 saturated carbocycles. The second kappa shape index (κ2) is 8.45. The molecule has 0 fully saturated rings. The number of unbranched alkanes of at least 4 members (excludes halogenated alkanes) is 3. The molecule has 1 heteroatoms. The van der Waals surface area contributed by atoms with E-state index in [2.05, 4.69) is 17.8 Å². The van der Waals surface area contributed by atoms with Crippen molar-refractivity contribution in [1.29, 1.82) is 0 Å². The summed E-state index contributed by atoms with van der Waals surface area (Å²) in [6.07, 6.45) is 9.08. The summed E-state index contributed by atoms with van der Waals surface area (Å²) in [4.78, 5) is 0. The fraction of sp³-hybridized carbons (Fsp3) is 0.375. The molecule has 1 aromatic rings. The number of hydrogen-bond acceptors (Lipinski definition) is 1. The molecule has 0 N–H and O–H groups in total. The van der Waals surface area contributed by atoms with E-state index in [9.17, 15) is 0 Å². The molecular formula is C16H18O. The van der Waals surface area contributed by atoms with Crippen molar-refractivity contribution in [2.75, 3.05) is 7.11 Å². The summed E-state index contributed by atoms with van der Waals surface area (Å²) in [5.41, 5.74) is 2.21. The molecule has 88 valence electrons. The molecule has 17 heavy (non-hydrogen) atoms. The molecule has 0 aromatic heterocycles. The van der Waals surface area contributed by atoms with E-state index in [1.807, 2.05) is 24.3 Å². The summed E-state index contributed by atoms with van der Waals surface area (Å²) < 4.78 is 5.14. The molecule has 1 rings (SSSR count). The molecule has 1 nitrogen and oxygen atoms in total. The van der Waals surface area contributed by atoms with Crippen molar-refractivity contribution in [3.63, 3.8) is 0 Å². The van der Waals surface area contributed by atoms with Crippen LogP contribution in [0, 0.1) is 24.2 Å². The van der Waals surface area contributed by atoms with Gasteiger partial charge in [0, 0.05) is 25.5 Å². The van der Waals surface area contributed by atoms with E-state index in [0.717, 1.165) is 36.8 Å². The van der Waals surface area contributed by atoms with Crippen LogP contribution >= 0.6 is 0 Å². The van der Waals surface area contributed by atoms with E-state index in [4.69, 9.17) is 11.2 Å². The highest BCUT2D eigenvalue weighted by Crippen LogP contribution is 2.08. The van der Waals surface area contributed by atoms with E-state index in [1.165, 1.54) is 0 Å². The SMILES string of the molecule is C#CCCCCC#Cc1ccccc1COC. The zero-order valence-corrected chi connectivity index (χ0v) is 10.3. The maximum atomic E-state index is 5.19. The molecule has 0 spiro atoms. The third kappa shape index (κ3) is 5.25. The summed E-state index contributed by atoms with van der Waals surface area (Å²) in [5.74, 6) is 9.02. The van der Waals surface area contributed by atoms with Gasteiger partial charge in [-0.25, -0.2) is 0 Å². The molecule has 0 aliphatic rings. The molecule has 0 saturated heterocycles. The first-order chi connectivity index (χ1) is 8.38. The fourth-order valence-corrected chi connectivity index (χ4v) is 1.52. The highest BCUT2D eigenvalue weighted by Gasteiger charge is 1.96. The Morgan fingerprint density at radius 2 is 1.94 bits per heavy atom. The molecule has 0 heterocycles. The van der Waals surface area contributed by atoms with Gasteiger partial charge in [0.2, 0.25) is 0 Å². The zero-order chi connectivity index (χ0) is 12.3. The van der Waals surface area contributed by atoms with E-state index in [0.29, 0.717) is 6.61 Å². The normalized spacial score (nSPS) is 9.18. The van der Waals surface area contributed by atoms with E-state index in [-0.39, 0.29) is 0 Å². The molecule has 1 aromatic carbocycles. The van der Waals surface area contributed by atoms with Crippen LogP contribution in [0.1, 0.15) is 36.8 Å². The topological polar surface area (TPSA) is 9.23 Å². The van der Waals surface area contributed by atoms with E-state index in [1.54, 1.807) is 7.11 Å². The van der Waals surface area contributed by atoms with Gasteiger partial charge in [-0.05, 0) is 24.5 Å². The lowest BCUT2D eigenvalue weighted by atomic mass is 10.1. The van der Waals surface area contributed by atoms with Gasteiger partial charge in [0.05, 0.1) is 6.61 Å². The molecule has 0 amide bonds.